The lowest BCUT2D eigenvalue weighted by atomic mass is 9.49. The Morgan fingerprint density at radius 1 is 1.35 bits per heavy atom. The van der Waals surface area contributed by atoms with Crippen LogP contribution < -0.4 is 0 Å². The van der Waals surface area contributed by atoms with Gasteiger partial charge in [-0.05, 0) is 68.1 Å². The van der Waals surface area contributed by atoms with Crippen LogP contribution in [0.15, 0.2) is 35.5 Å². The minimum absolute atomic E-state index is 0.0489. The second-order valence-corrected chi connectivity index (χ2v) is 9.12. The van der Waals surface area contributed by atoms with E-state index in [0.29, 0.717) is 12.8 Å². The Labute approximate surface area is 154 Å². The first-order valence-electron chi connectivity index (χ1n) is 9.65. The van der Waals surface area contributed by atoms with Crippen LogP contribution in [0.5, 0.6) is 0 Å². The highest BCUT2D eigenvalue weighted by atomic mass is 19.1. The Morgan fingerprint density at radius 3 is 2.77 bits per heavy atom. The van der Waals surface area contributed by atoms with Crippen molar-refractivity contribution in [3.63, 3.8) is 0 Å². The van der Waals surface area contributed by atoms with Crippen LogP contribution in [0.4, 0.5) is 4.39 Å². The molecule has 4 rings (SSSR count). The number of aliphatic hydroxyl groups is 1. The van der Waals surface area contributed by atoms with Crippen molar-refractivity contribution in [2.75, 3.05) is 6.67 Å². The van der Waals surface area contributed by atoms with Gasteiger partial charge in [0.2, 0.25) is 0 Å². The smallest absolute Gasteiger partial charge is 0.195 e. The molecule has 1 N–H and O–H groups in total. The second kappa shape index (κ2) is 5.48. The van der Waals surface area contributed by atoms with Crippen LogP contribution >= 0.6 is 0 Å². The Morgan fingerprint density at radius 2 is 2.08 bits per heavy atom. The summed E-state index contributed by atoms with van der Waals surface area (Å²) in [6.07, 6.45) is 10.2. The van der Waals surface area contributed by atoms with Gasteiger partial charge in [0.25, 0.3) is 0 Å². The summed E-state index contributed by atoms with van der Waals surface area (Å²) in [6, 6.07) is 0. The van der Waals surface area contributed by atoms with Gasteiger partial charge >= 0.3 is 0 Å². The Bertz CT molecular complexity index is 778. The molecule has 0 bridgehead atoms. The van der Waals surface area contributed by atoms with Crippen molar-refractivity contribution < 1.29 is 19.1 Å². The number of hydrogen-bond donors (Lipinski definition) is 1. The molecule has 0 aromatic heterocycles. The molecule has 0 heterocycles. The molecule has 0 unspecified atom stereocenters. The highest BCUT2D eigenvalue weighted by molar-refractivity contribution is 6.01. The average molecular weight is 358 g/mol. The summed E-state index contributed by atoms with van der Waals surface area (Å²) in [5, 5.41) is 11.1. The molecule has 26 heavy (non-hydrogen) atoms. The maximum atomic E-state index is 13.2. The SMILES string of the molecule is C[C@H]1C[C@@H]2C(=CC[C@@]3(C)[C@H]2CC[C@]3(O)C(=O)CF)[C@@]2(C)C=CC(=O)C=C12. The second-order valence-electron chi connectivity index (χ2n) is 9.12. The Balaban J connectivity index is 1.80. The van der Waals surface area contributed by atoms with Gasteiger partial charge in [-0.2, -0.15) is 0 Å². The predicted octanol–water partition coefficient (Wildman–Crippen LogP) is 3.73. The number of hydrogen-bond acceptors (Lipinski definition) is 3. The van der Waals surface area contributed by atoms with Crippen LogP contribution in [0.2, 0.25) is 0 Å². The third kappa shape index (κ3) is 2.02. The van der Waals surface area contributed by atoms with E-state index in [1.54, 1.807) is 12.2 Å². The van der Waals surface area contributed by atoms with E-state index in [2.05, 4.69) is 19.9 Å². The van der Waals surface area contributed by atoms with E-state index in [-0.39, 0.29) is 29.0 Å². The first-order chi connectivity index (χ1) is 12.2. The fourth-order valence-electron chi connectivity index (χ4n) is 6.51. The first-order valence-corrected chi connectivity index (χ1v) is 9.65. The van der Waals surface area contributed by atoms with E-state index in [1.165, 1.54) is 11.1 Å². The first kappa shape index (κ1) is 17.8. The monoisotopic (exact) mass is 358 g/mol. The molecule has 0 radical (unpaired) electrons. The summed E-state index contributed by atoms with van der Waals surface area (Å²) < 4.78 is 13.2. The fourth-order valence-corrected chi connectivity index (χ4v) is 6.51. The maximum absolute atomic E-state index is 13.2. The highest BCUT2D eigenvalue weighted by Gasteiger charge is 2.64. The third-order valence-corrected chi connectivity index (χ3v) is 8.01. The van der Waals surface area contributed by atoms with Crippen molar-refractivity contribution in [2.45, 2.75) is 52.1 Å². The van der Waals surface area contributed by atoms with Crippen LogP contribution in [0.3, 0.4) is 0 Å². The maximum Gasteiger partial charge on any atom is 0.195 e. The molecule has 6 atom stereocenters. The van der Waals surface area contributed by atoms with Gasteiger partial charge in [-0.1, -0.05) is 31.6 Å². The van der Waals surface area contributed by atoms with E-state index >= 15 is 0 Å². The summed E-state index contributed by atoms with van der Waals surface area (Å²) in [6.45, 7) is 5.19. The molecule has 0 amide bonds. The van der Waals surface area contributed by atoms with E-state index < -0.39 is 23.5 Å². The topological polar surface area (TPSA) is 54.4 Å². The van der Waals surface area contributed by atoms with Gasteiger partial charge in [-0.25, -0.2) is 4.39 Å². The van der Waals surface area contributed by atoms with E-state index in [9.17, 15) is 19.1 Å². The van der Waals surface area contributed by atoms with E-state index in [1.807, 2.05) is 13.0 Å². The number of ketones is 2. The highest BCUT2D eigenvalue weighted by Crippen LogP contribution is 2.65. The number of allylic oxidation sites excluding steroid dienone is 6. The molecule has 0 spiro atoms. The number of fused-ring (bicyclic) bond motifs is 5. The number of halogens is 1. The molecule has 140 valence electrons. The molecule has 0 aromatic rings. The van der Waals surface area contributed by atoms with Crippen LogP contribution in [0.25, 0.3) is 0 Å². The summed E-state index contributed by atoms with van der Waals surface area (Å²) in [5.74, 6) is 0.0648. The molecule has 2 saturated carbocycles. The molecular formula is C22H27FO3. The van der Waals surface area contributed by atoms with Crippen molar-refractivity contribution in [1.29, 1.82) is 0 Å². The van der Waals surface area contributed by atoms with Crippen molar-refractivity contribution in [2.24, 2.45) is 28.6 Å². The zero-order chi connectivity index (χ0) is 18.9. The lowest BCUT2D eigenvalue weighted by Crippen LogP contribution is -2.55. The van der Waals surface area contributed by atoms with Gasteiger partial charge in [0, 0.05) is 10.8 Å². The number of rotatable bonds is 2. The standard InChI is InChI=1S/C22H27FO3/c1-13-10-15-16(20(2)7-4-14(24)11-18(13)20)5-8-21(3)17(15)6-9-22(21,26)19(25)12-23/h4-5,7,11,13,15,17,26H,6,8-10,12H2,1-3H3/t13-,15+,17-,20+,21-,22-/m0/s1. The summed E-state index contributed by atoms with van der Waals surface area (Å²) in [4.78, 5) is 24.1. The summed E-state index contributed by atoms with van der Waals surface area (Å²) in [7, 11) is 0. The summed E-state index contributed by atoms with van der Waals surface area (Å²) >= 11 is 0. The molecule has 0 saturated heterocycles. The normalized spacial score (nSPS) is 46.8. The van der Waals surface area contributed by atoms with Crippen LogP contribution in [-0.4, -0.2) is 28.9 Å². The van der Waals surface area contributed by atoms with Crippen molar-refractivity contribution in [3.05, 3.63) is 35.5 Å². The number of Topliss-reactive ketones (excluding diaryl/α,β-unsaturated/α-hetero) is 1. The van der Waals surface area contributed by atoms with Gasteiger partial charge in [0.15, 0.2) is 18.2 Å². The zero-order valence-electron chi connectivity index (χ0n) is 15.7. The third-order valence-electron chi connectivity index (χ3n) is 8.01. The number of alkyl halides is 1. The predicted molar refractivity (Wildman–Crippen MR) is 97.1 cm³/mol. The fraction of sp³-hybridized carbons (Fsp3) is 0.636. The van der Waals surface area contributed by atoms with E-state index in [0.717, 1.165) is 12.8 Å². The quantitative estimate of drug-likeness (QED) is 0.765. The Hall–Kier alpha value is -1.55. The van der Waals surface area contributed by atoms with Gasteiger partial charge < -0.3 is 5.11 Å². The molecule has 4 heteroatoms. The van der Waals surface area contributed by atoms with Gasteiger partial charge in [0.05, 0.1) is 0 Å². The largest absolute Gasteiger partial charge is 0.381 e. The minimum Gasteiger partial charge on any atom is -0.381 e. The van der Waals surface area contributed by atoms with Crippen molar-refractivity contribution in [1.82, 2.24) is 0 Å². The Kier molecular flexibility index (Phi) is 3.76. The van der Waals surface area contributed by atoms with Crippen LogP contribution in [0, 0.1) is 28.6 Å². The van der Waals surface area contributed by atoms with Gasteiger partial charge in [-0.3, -0.25) is 9.59 Å². The molecule has 4 aliphatic rings. The lowest BCUT2D eigenvalue weighted by Gasteiger charge is -2.55. The number of carbonyl (C=O) groups excluding carboxylic acids is 2. The van der Waals surface area contributed by atoms with Crippen molar-refractivity contribution >= 4 is 11.6 Å². The average Bonchev–Trinajstić information content (AvgIpc) is 2.88. The molecule has 0 aromatic carbocycles. The summed E-state index contributed by atoms with van der Waals surface area (Å²) in [5.41, 5.74) is 0.0416. The molecule has 2 fully saturated rings. The molecule has 0 aliphatic heterocycles. The van der Waals surface area contributed by atoms with Gasteiger partial charge in [0.1, 0.15) is 5.60 Å². The number of carbonyl (C=O) groups is 2. The van der Waals surface area contributed by atoms with Crippen LogP contribution in [-0.2, 0) is 9.59 Å². The zero-order valence-corrected chi connectivity index (χ0v) is 15.7. The molecule has 4 aliphatic carbocycles. The molecule has 3 nitrogen and oxygen atoms in total. The molecular weight excluding hydrogens is 331 g/mol. The van der Waals surface area contributed by atoms with Crippen LogP contribution in [0.1, 0.15) is 46.5 Å². The van der Waals surface area contributed by atoms with Crippen molar-refractivity contribution in [3.8, 4) is 0 Å². The lowest BCUT2D eigenvalue weighted by molar-refractivity contribution is -0.153. The van der Waals surface area contributed by atoms with Gasteiger partial charge in [-0.15, -0.1) is 0 Å². The minimum atomic E-state index is -1.56. The van der Waals surface area contributed by atoms with E-state index in [4.69, 9.17) is 0 Å².